The molecule has 1 N–H and O–H groups in total. The minimum atomic E-state index is 0. The maximum absolute atomic E-state index is 5.21. The summed E-state index contributed by atoms with van der Waals surface area (Å²) in [5.41, 5.74) is 1.19. The molecule has 1 rings (SSSR count). The van der Waals surface area contributed by atoms with Crippen molar-refractivity contribution >= 4 is 0 Å². The van der Waals surface area contributed by atoms with E-state index in [4.69, 9.17) is 4.74 Å². The Kier molecular flexibility index (Phi) is 4.91. The Morgan fingerprint density at radius 1 is 1.64 bits per heavy atom. The van der Waals surface area contributed by atoms with Gasteiger partial charge < -0.3 is 10.1 Å². The van der Waals surface area contributed by atoms with E-state index in [-0.39, 0.29) is 1.43 Å². The van der Waals surface area contributed by atoms with Crippen LogP contribution in [0.2, 0.25) is 0 Å². The molecular formula is C12H23NO. The molecule has 82 valence electrons. The van der Waals surface area contributed by atoms with Crippen molar-refractivity contribution < 1.29 is 6.16 Å². The smallest absolute Gasteiger partial charge is 0.0601 e. The van der Waals surface area contributed by atoms with E-state index < -0.39 is 0 Å². The third-order valence-corrected chi connectivity index (χ3v) is 2.76. The third kappa shape index (κ3) is 3.64. The lowest BCUT2D eigenvalue weighted by Gasteiger charge is -2.34. The fraction of sp³-hybridized carbons (Fsp3) is 0.667. The van der Waals surface area contributed by atoms with Crippen LogP contribution >= 0.6 is 0 Å². The van der Waals surface area contributed by atoms with Crippen molar-refractivity contribution in [3.8, 4) is 0 Å². The van der Waals surface area contributed by atoms with E-state index >= 15 is 0 Å². The van der Waals surface area contributed by atoms with E-state index in [2.05, 4.69) is 31.0 Å². The van der Waals surface area contributed by atoms with E-state index in [1.165, 1.54) is 5.57 Å². The van der Waals surface area contributed by atoms with Gasteiger partial charge in [0, 0.05) is 21.1 Å². The van der Waals surface area contributed by atoms with Gasteiger partial charge in [-0.3, -0.25) is 0 Å². The molecule has 2 nitrogen and oxygen atoms in total. The number of rotatable bonds is 6. The van der Waals surface area contributed by atoms with Gasteiger partial charge in [-0.1, -0.05) is 31.2 Å². The average Bonchev–Trinajstić information content (AvgIpc) is 2.14. The molecule has 0 bridgehead atoms. The maximum atomic E-state index is 5.21. The van der Waals surface area contributed by atoms with Crippen molar-refractivity contribution in [3.05, 3.63) is 24.3 Å². The van der Waals surface area contributed by atoms with Crippen LogP contribution in [-0.2, 0) is 4.74 Å². The fourth-order valence-electron chi connectivity index (χ4n) is 1.50. The molecule has 0 heterocycles. The predicted octanol–water partition coefficient (Wildman–Crippen LogP) is 2.52. The third-order valence-electron chi connectivity index (χ3n) is 2.76. The van der Waals surface area contributed by atoms with Crippen LogP contribution in [0.5, 0.6) is 0 Å². The van der Waals surface area contributed by atoms with Crippen LogP contribution in [0.15, 0.2) is 24.3 Å². The van der Waals surface area contributed by atoms with Crippen molar-refractivity contribution in [2.75, 3.05) is 13.7 Å². The van der Waals surface area contributed by atoms with Crippen molar-refractivity contribution in [2.24, 2.45) is 0 Å². The number of methoxy groups -OCH3 is 1. The molecule has 14 heavy (non-hydrogen) atoms. The number of hydrogen-bond acceptors (Lipinski definition) is 2. The second-order valence-corrected chi connectivity index (χ2v) is 3.85. The molecule has 0 amide bonds. The zero-order valence-corrected chi connectivity index (χ0v) is 9.25. The van der Waals surface area contributed by atoms with E-state index in [0.717, 1.165) is 25.8 Å². The van der Waals surface area contributed by atoms with Gasteiger partial charge in [0.05, 0.1) is 6.10 Å². The summed E-state index contributed by atoms with van der Waals surface area (Å²) in [4.78, 5) is 0. The topological polar surface area (TPSA) is 21.3 Å². The summed E-state index contributed by atoms with van der Waals surface area (Å²) in [6.07, 6.45) is 8.07. The summed E-state index contributed by atoms with van der Waals surface area (Å²) in [7, 11) is 1.78. The van der Waals surface area contributed by atoms with Gasteiger partial charge in [0.25, 0.3) is 0 Å². The molecule has 0 aromatic rings. The van der Waals surface area contributed by atoms with Crippen molar-refractivity contribution in [1.29, 1.82) is 0 Å². The minimum absolute atomic E-state index is 0. The van der Waals surface area contributed by atoms with Crippen LogP contribution in [0, 0.1) is 0 Å². The molecular weight excluding hydrogens is 174 g/mol. The highest BCUT2D eigenvalue weighted by Gasteiger charge is 2.27. The zero-order valence-electron chi connectivity index (χ0n) is 9.25. The normalized spacial score (nSPS) is 26.4. The summed E-state index contributed by atoms with van der Waals surface area (Å²) in [5, 5.41) is 3.45. The number of allylic oxidation sites excluding steroid dienone is 2. The van der Waals surface area contributed by atoms with Gasteiger partial charge in [0.1, 0.15) is 0 Å². The van der Waals surface area contributed by atoms with Crippen LogP contribution in [-0.4, -0.2) is 25.8 Å². The van der Waals surface area contributed by atoms with Crippen LogP contribution < -0.4 is 5.32 Å². The van der Waals surface area contributed by atoms with E-state index in [0.29, 0.717) is 12.1 Å². The number of ether oxygens (including phenoxy) is 1. The van der Waals surface area contributed by atoms with Gasteiger partial charge in [-0.05, 0) is 19.3 Å². The largest absolute Gasteiger partial charge is 0.381 e. The molecule has 0 unspecified atom stereocenters. The molecule has 1 fully saturated rings. The molecule has 0 spiro atoms. The standard InChI is InChI=1S/C12H21NO.H2/c1-4-10(2)6-5-7-13-11-8-12(9-11)14-3;/h5-6,11-13H,2,4,7-9H2,1,3H3;1H/b6-5+;. The molecule has 1 aliphatic carbocycles. The Labute approximate surface area is 88.5 Å². The van der Waals surface area contributed by atoms with Gasteiger partial charge in [-0.25, -0.2) is 0 Å². The second-order valence-electron chi connectivity index (χ2n) is 3.85. The first-order valence-corrected chi connectivity index (χ1v) is 5.36. The fourth-order valence-corrected chi connectivity index (χ4v) is 1.50. The monoisotopic (exact) mass is 197 g/mol. The molecule has 0 radical (unpaired) electrons. The van der Waals surface area contributed by atoms with Crippen molar-refractivity contribution in [2.45, 2.75) is 38.3 Å². The predicted molar refractivity (Wildman–Crippen MR) is 62.5 cm³/mol. The molecule has 0 saturated heterocycles. The maximum Gasteiger partial charge on any atom is 0.0601 e. The quantitative estimate of drug-likeness (QED) is 0.661. The Morgan fingerprint density at radius 2 is 2.36 bits per heavy atom. The van der Waals surface area contributed by atoms with Crippen molar-refractivity contribution in [1.82, 2.24) is 5.32 Å². The summed E-state index contributed by atoms with van der Waals surface area (Å²) in [6.45, 7) is 6.98. The van der Waals surface area contributed by atoms with E-state index in [1.54, 1.807) is 7.11 Å². The van der Waals surface area contributed by atoms with E-state index in [1.807, 2.05) is 0 Å². The molecule has 0 aromatic carbocycles. The van der Waals surface area contributed by atoms with Gasteiger partial charge >= 0.3 is 0 Å². The SMILES string of the molecule is C=C(/C=C/CNC1CC(OC)C1)CC.[HH]. The van der Waals surface area contributed by atoms with Crippen LogP contribution in [0.4, 0.5) is 0 Å². The average molecular weight is 197 g/mol. The molecule has 1 saturated carbocycles. The first-order valence-electron chi connectivity index (χ1n) is 5.36. The Morgan fingerprint density at radius 3 is 2.93 bits per heavy atom. The lowest BCUT2D eigenvalue weighted by molar-refractivity contribution is 0.0185. The molecule has 0 aliphatic heterocycles. The molecule has 0 aromatic heterocycles. The highest BCUT2D eigenvalue weighted by atomic mass is 16.5. The molecule has 0 atom stereocenters. The second kappa shape index (κ2) is 5.99. The summed E-state index contributed by atoms with van der Waals surface area (Å²) < 4.78 is 5.21. The Bertz CT molecular complexity index is 210. The summed E-state index contributed by atoms with van der Waals surface area (Å²) in [5.74, 6) is 0. The molecule has 1 aliphatic rings. The lowest BCUT2D eigenvalue weighted by Crippen LogP contribution is -2.44. The Balaban J connectivity index is 0.00000196. The summed E-state index contributed by atoms with van der Waals surface area (Å²) >= 11 is 0. The van der Waals surface area contributed by atoms with Gasteiger partial charge in [-0.15, -0.1) is 0 Å². The van der Waals surface area contributed by atoms with Crippen LogP contribution in [0.25, 0.3) is 0 Å². The highest BCUT2D eigenvalue weighted by Crippen LogP contribution is 2.22. The van der Waals surface area contributed by atoms with Crippen molar-refractivity contribution in [3.63, 3.8) is 0 Å². The molecule has 2 heteroatoms. The van der Waals surface area contributed by atoms with Gasteiger partial charge in [-0.2, -0.15) is 0 Å². The highest BCUT2D eigenvalue weighted by molar-refractivity contribution is 5.13. The lowest BCUT2D eigenvalue weighted by atomic mass is 9.89. The van der Waals surface area contributed by atoms with Crippen LogP contribution in [0.3, 0.4) is 0 Å². The number of hydrogen-bond donors (Lipinski definition) is 1. The first kappa shape index (κ1) is 11.5. The first-order chi connectivity index (χ1) is 6.76. The van der Waals surface area contributed by atoms with Gasteiger partial charge in [0.15, 0.2) is 0 Å². The minimum Gasteiger partial charge on any atom is -0.381 e. The summed E-state index contributed by atoms with van der Waals surface area (Å²) in [6, 6.07) is 0.652. The van der Waals surface area contributed by atoms with E-state index in [9.17, 15) is 0 Å². The number of nitrogens with one attached hydrogen (secondary N) is 1. The van der Waals surface area contributed by atoms with Crippen LogP contribution in [0.1, 0.15) is 27.6 Å². The Hall–Kier alpha value is -0.600. The zero-order chi connectivity index (χ0) is 10.4. The van der Waals surface area contributed by atoms with Gasteiger partial charge in [0.2, 0.25) is 0 Å².